The van der Waals surface area contributed by atoms with Crippen LogP contribution in [0.2, 0.25) is 0 Å². The second-order valence-electron chi connectivity index (χ2n) is 7.57. The first kappa shape index (κ1) is 22.9. The highest BCUT2D eigenvalue weighted by molar-refractivity contribution is 5.95. The molecule has 0 aliphatic heterocycles. The number of aliphatic hydroxyl groups is 1. The first-order chi connectivity index (χ1) is 12.8. The smallest absolute Gasteiger partial charge is 0.162 e. The van der Waals surface area contributed by atoms with E-state index in [1.165, 1.54) is 83.5 Å². The Labute approximate surface area is 161 Å². The van der Waals surface area contributed by atoms with Crippen LogP contribution in [0.25, 0.3) is 0 Å². The van der Waals surface area contributed by atoms with Crippen LogP contribution < -0.4 is 0 Å². The Balaban J connectivity index is 1.76. The largest absolute Gasteiger partial charge is 0.396 e. The van der Waals surface area contributed by atoms with Crippen molar-refractivity contribution in [3.05, 3.63) is 35.9 Å². The molecule has 2 nitrogen and oxygen atoms in total. The zero-order valence-corrected chi connectivity index (χ0v) is 16.8. The molecule has 1 aromatic rings. The third kappa shape index (κ3) is 13.1. The van der Waals surface area contributed by atoms with Crippen LogP contribution in [-0.2, 0) is 0 Å². The third-order valence-corrected chi connectivity index (χ3v) is 5.16. The van der Waals surface area contributed by atoms with Gasteiger partial charge in [-0.3, -0.25) is 4.79 Å². The lowest BCUT2D eigenvalue weighted by Crippen LogP contribution is -1.98. The van der Waals surface area contributed by atoms with E-state index < -0.39 is 0 Å². The van der Waals surface area contributed by atoms with Crippen LogP contribution in [0, 0.1) is 0 Å². The summed E-state index contributed by atoms with van der Waals surface area (Å²) in [5, 5.41) is 8.72. The predicted octanol–water partition coefficient (Wildman–Crippen LogP) is 7.10. The van der Waals surface area contributed by atoms with Gasteiger partial charge in [-0.2, -0.15) is 0 Å². The molecule has 0 aliphatic rings. The van der Waals surface area contributed by atoms with Crippen LogP contribution in [0.4, 0.5) is 0 Å². The van der Waals surface area contributed by atoms with Crippen LogP contribution in [0.15, 0.2) is 30.3 Å². The lowest BCUT2D eigenvalue weighted by Gasteiger charge is -2.04. The maximum Gasteiger partial charge on any atom is 0.162 e. The van der Waals surface area contributed by atoms with E-state index >= 15 is 0 Å². The van der Waals surface area contributed by atoms with Gasteiger partial charge in [-0.1, -0.05) is 114 Å². The standard InChI is InChI=1S/C24H40O2/c25-22-18-13-11-9-7-5-3-1-2-4-6-8-10-12-17-21-24(26)23-19-15-14-16-20-23/h14-16,19-20,25H,1-13,17-18,21-22H2. The maximum atomic E-state index is 12.0. The van der Waals surface area contributed by atoms with Crippen molar-refractivity contribution in [1.82, 2.24) is 0 Å². The van der Waals surface area contributed by atoms with E-state index in [1.54, 1.807) is 0 Å². The average molecular weight is 361 g/mol. The lowest BCUT2D eigenvalue weighted by atomic mass is 10.0. The molecule has 1 N–H and O–H groups in total. The van der Waals surface area contributed by atoms with Crippen LogP contribution in [0.3, 0.4) is 0 Å². The highest BCUT2D eigenvalue weighted by atomic mass is 16.2. The predicted molar refractivity (Wildman–Crippen MR) is 112 cm³/mol. The zero-order chi connectivity index (χ0) is 18.7. The molecule has 0 aliphatic carbocycles. The summed E-state index contributed by atoms with van der Waals surface area (Å²) in [6.45, 7) is 0.353. The molecule has 0 atom stereocenters. The number of hydrogen-bond donors (Lipinski definition) is 1. The number of hydrogen-bond acceptors (Lipinski definition) is 2. The number of rotatable bonds is 18. The summed E-state index contributed by atoms with van der Waals surface area (Å²) in [6, 6.07) is 9.66. The molecule has 0 unspecified atom stereocenters. The second kappa shape index (κ2) is 17.3. The van der Waals surface area contributed by atoms with E-state index in [2.05, 4.69) is 0 Å². The molecule has 2 heteroatoms. The molecule has 0 heterocycles. The van der Waals surface area contributed by atoms with Gasteiger partial charge in [0.15, 0.2) is 5.78 Å². The van der Waals surface area contributed by atoms with Gasteiger partial charge in [-0.15, -0.1) is 0 Å². The molecule has 1 rings (SSSR count). The van der Waals surface area contributed by atoms with Crippen molar-refractivity contribution < 1.29 is 9.90 Å². The topological polar surface area (TPSA) is 37.3 Å². The van der Waals surface area contributed by atoms with Crippen molar-refractivity contribution in [3.8, 4) is 0 Å². The Bertz CT molecular complexity index is 427. The van der Waals surface area contributed by atoms with Crippen molar-refractivity contribution in [2.24, 2.45) is 0 Å². The van der Waals surface area contributed by atoms with Crippen LogP contribution >= 0.6 is 0 Å². The van der Waals surface area contributed by atoms with Crippen molar-refractivity contribution in [2.45, 2.75) is 103 Å². The number of carbonyl (C=O) groups excluding carboxylic acids is 1. The van der Waals surface area contributed by atoms with Gasteiger partial charge in [0, 0.05) is 18.6 Å². The van der Waals surface area contributed by atoms with Crippen molar-refractivity contribution in [3.63, 3.8) is 0 Å². The van der Waals surface area contributed by atoms with Gasteiger partial charge in [-0.05, 0) is 12.8 Å². The van der Waals surface area contributed by atoms with E-state index in [1.807, 2.05) is 30.3 Å². The molecule has 0 spiro atoms. The van der Waals surface area contributed by atoms with Gasteiger partial charge in [0.05, 0.1) is 0 Å². The van der Waals surface area contributed by atoms with E-state index in [0.717, 1.165) is 18.4 Å². The number of ketones is 1. The first-order valence-corrected chi connectivity index (χ1v) is 11.0. The minimum Gasteiger partial charge on any atom is -0.396 e. The van der Waals surface area contributed by atoms with Crippen LogP contribution in [0.1, 0.15) is 113 Å². The summed E-state index contributed by atoms with van der Waals surface area (Å²) >= 11 is 0. The fraction of sp³-hybridized carbons (Fsp3) is 0.708. The summed E-state index contributed by atoms with van der Waals surface area (Å²) in [7, 11) is 0. The number of benzene rings is 1. The first-order valence-electron chi connectivity index (χ1n) is 11.0. The van der Waals surface area contributed by atoms with Gasteiger partial charge < -0.3 is 5.11 Å². The normalized spacial score (nSPS) is 11.0. The molecular formula is C24H40O2. The number of carbonyl (C=O) groups is 1. The van der Waals surface area contributed by atoms with E-state index in [-0.39, 0.29) is 0 Å². The van der Waals surface area contributed by atoms with Crippen LogP contribution in [-0.4, -0.2) is 17.5 Å². The van der Waals surface area contributed by atoms with E-state index in [0.29, 0.717) is 18.8 Å². The van der Waals surface area contributed by atoms with Crippen LogP contribution in [0.5, 0.6) is 0 Å². The quantitative estimate of drug-likeness (QED) is 0.224. The fourth-order valence-corrected chi connectivity index (χ4v) is 3.46. The maximum absolute atomic E-state index is 12.0. The van der Waals surface area contributed by atoms with Gasteiger partial charge in [0.25, 0.3) is 0 Å². The lowest BCUT2D eigenvalue weighted by molar-refractivity contribution is 0.0979. The minimum absolute atomic E-state index is 0.291. The Morgan fingerprint density at radius 3 is 1.38 bits per heavy atom. The number of aliphatic hydroxyl groups excluding tert-OH is 1. The molecule has 0 bridgehead atoms. The summed E-state index contributed by atoms with van der Waals surface area (Å²) in [5.41, 5.74) is 0.859. The highest BCUT2D eigenvalue weighted by Gasteiger charge is 2.03. The summed E-state index contributed by atoms with van der Waals surface area (Å²) in [6.07, 6.45) is 20.0. The SMILES string of the molecule is O=C(CCCCCCCCCCCCCCCCCO)c1ccccc1. The Morgan fingerprint density at radius 2 is 0.962 bits per heavy atom. The molecule has 0 radical (unpaired) electrons. The Morgan fingerprint density at radius 1 is 0.577 bits per heavy atom. The fourth-order valence-electron chi connectivity index (χ4n) is 3.46. The van der Waals surface area contributed by atoms with Crippen molar-refractivity contribution >= 4 is 5.78 Å². The van der Waals surface area contributed by atoms with Gasteiger partial charge in [-0.25, -0.2) is 0 Å². The van der Waals surface area contributed by atoms with Crippen molar-refractivity contribution in [1.29, 1.82) is 0 Å². The molecule has 26 heavy (non-hydrogen) atoms. The summed E-state index contributed by atoms with van der Waals surface area (Å²) in [4.78, 5) is 12.0. The van der Waals surface area contributed by atoms with Gasteiger partial charge in [0.2, 0.25) is 0 Å². The molecule has 0 saturated carbocycles. The summed E-state index contributed by atoms with van der Waals surface area (Å²) in [5.74, 6) is 0.291. The zero-order valence-electron chi connectivity index (χ0n) is 16.8. The molecule has 148 valence electrons. The van der Waals surface area contributed by atoms with E-state index in [9.17, 15) is 4.79 Å². The van der Waals surface area contributed by atoms with Crippen molar-refractivity contribution in [2.75, 3.05) is 6.61 Å². The van der Waals surface area contributed by atoms with Gasteiger partial charge >= 0.3 is 0 Å². The molecule has 0 aromatic heterocycles. The third-order valence-electron chi connectivity index (χ3n) is 5.16. The second-order valence-corrected chi connectivity index (χ2v) is 7.57. The highest BCUT2D eigenvalue weighted by Crippen LogP contribution is 2.14. The number of unbranched alkanes of at least 4 members (excludes halogenated alkanes) is 14. The molecular weight excluding hydrogens is 320 g/mol. The van der Waals surface area contributed by atoms with Gasteiger partial charge in [0.1, 0.15) is 0 Å². The molecule has 0 amide bonds. The molecule has 1 aromatic carbocycles. The molecule has 0 fully saturated rings. The average Bonchev–Trinajstić information content (AvgIpc) is 2.68. The van der Waals surface area contributed by atoms with E-state index in [4.69, 9.17) is 5.11 Å². The number of Topliss-reactive ketones (excluding diaryl/α,β-unsaturated/α-hetero) is 1. The minimum atomic E-state index is 0.291. The Kier molecular flexibility index (Phi) is 15.2. The monoisotopic (exact) mass is 360 g/mol. The summed E-state index contributed by atoms with van der Waals surface area (Å²) < 4.78 is 0. The molecule has 0 saturated heterocycles. The Hall–Kier alpha value is -1.15.